The Morgan fingerprint density at radius 2 is 2.12 bits per heavy atom. The molecule has 0 radical (unpaired) electrons. The number of likely N-dealkylation sites (tertiary alicyclic amines) is 1. The molecule has 2 fully saturated rings. The van der Waals surface area contributed by atoms with Crippen molar-refractivity contribution in [3.8, 4) is 0 Å². The first-order valence-corrected chi connectivity index (χ1v) is 6.87. The Bertz CT molecular complexity index is 244. The molecule has 0 aromatic rings. The van der Waals surface area contributed by atoms with Crippen LogP contribution >= 0.6 is 0 Å². The molecule has 4 heteroatoms. The van der Waals surface area contributed by atoms with Gasteiger partial charge in [-0.15, -0.1) is 0 Å². The molecule has 0 spiro atoms. The summed E-state index contributed by atoms with van der Waals surface area (Å²) >= 11 is 0. The summed E-state index contributed by atoms with van der Waals surface area (Å²) in [5, 5.41) is 2.98. The number of rotatable bonds is 4. The van der Waals surface area contributed by atoms with Crippen LogP contribution in [0.2, 0.25) is 0 Å². The first-order valence-electron chi connectivity index (χ1n) is 6.87. The highest BCUT2D eigenvalue weighted by molar-refractivity contribution is 5.80. The van der Waals surface area contributed by atoms with Crippen molar-refractivity contribution in [3.05, 3.63) is 0 Å². The summed E-state index contributed by atoms with van der Waals surface area (Å²) in [5.74, 6) is 0.945. The summed E-state index contributed by atoms with van der Waals surface area (Å²) in [6, 6.07) is 0. The Morgan fingerprint density at radius 3 is 2.76 bits per heavy atom. The minimum atomic E-state index is -0.184. The molecule has 2 aliphatic heterocycles. The molecule has 2 heterocycles. The molecule has 17 heavy (non-hydrogen) atoms. The fourth-order valence-corrected chi connectivity index (χ4v) is 2.52. The van der Waals surface area contributed by atoms with Gasteiger partial charge >= 0.3 is 0 Å². The van der Waals surface area contributed by atoms with Crippen LogP contribution in [0.1, 0.15) is 32.6 Å². The summed E-state index contributed by atoms with van der Waals surface area (Å²) in [6.07, 6.45) is 4.30. The lowest BCUT2D eigenvalue weighted by Crippen LogP contribution is -2.41. The van der Waals surface area contributed by atoms with E-state index in [0.29, 0.717) is 0 Å². The normalized spacial score (nSPS) is 27.2. The molecule has 1 amide bonds. The van der Waals surface area contributed by atoms with E-state index >= 15 is 0 Å². The summed E-state index contributed by atoms with van der Waals surface area (Å²) in [6.45, 7) is 7.14. The van der Waals surface area contributed by atoms with Crippen LogP contribution in [0.3, 0.4) is 0 Å². The third kappa shape index (κ3) is 3.96. The zero-order valence-electron chi connectivity index (χ0n) is 10.8. The van der Waals surface area contributed by atoms with Crippen molar-refractivity contribution < 1.29 is 9.53 Å². The maximum absolute atomic E-state index is 11.7. The molecular weight excluding hydrogens is 216 g/mol. The van der Waals surface area contributed by atoms with Crippen LogP contribution in [0.4, 0.5) is 0 Å². The molecule has 0 saturated carbocycles. The van der Waals surface area contributed by atoms with Crippen LogP contribution < -0.4 is 5.32 Å². The molecular formula is C13H24N2O2. The van der Waals surface area contributed by atoms with Crippen molar-refractivity contribution in [2.24, 2.45) is 5.92 Å². The first-order chi connectivity index (χ1) is 8.25. The minimum absolute atomic E-state index is 0.0767. The molecule has 0 bridgehead atoms. The number of carbonyl (C=O) groups excluding carboxylic acids is 1. The number of hydrogen-bond acceptors (Lipinski definition) is 3. The van der Waals surface area contributed by atoms with Crippen LogP contribution in [0.15, 0.2) is 0 Å². The van der Waals surface area contributed by atoms with Crippen LogP contribution in [0.5, 0.6) is 0 Å². The third-order valence-electron chi connectivity index (χ3n) is 3.83. The predicted octanol–water partition coefficient (Wildman–Crippen LogP) is 1.01. The number of piperidine rings is 1. The van der Waals surface area contributed by atoms with Crippen molar-refractivity contribution in [2.75, 3.05) is 32.8 Å². The summed E-state index contributed by atoms with van der Waals surface area (Å²) < 4.78 is 5.35. The quantitative estimate of drug-likeness (QED) is 0.797. The van der Waals surface area contributed by atoms with Gasteiger partial charge in [0.2, 0.25) is 5.91 Å². The van der Waals surface area contributed by atoms with Gasteiger partial charge in [0.05, 0.1) is 0 Å². The number of nitrogens with one attached hydrogen (secondary N) is 1. The van der Waals surface area contributed by atoms with E-state index in [9.17, 15) is 4.79 Å². The third-order valence-corrected chi connectivity index (χ3v) is 3.83. The van der Waals surface area contributed by atoms with Crippen molar-refractivity contribution in [1.82, 2.24) is 10.2 Å². The van der Waals surface area contributed by atoms with Gasteiger partial charge in [-0.3, -0.25) is 4.79 Å². The number of ether oxygens (including phenoxy) is 1. The van der Waals surface area contributed by atoms with E-state index in [-0.39, 0.29) is 12.0 Å². The van der Waals surface area contributed by atoms with Gasteiger partial charge in [-0.1, -0.05) is 6.92 Å². The molecule has 98 valence electrons. The summed E-state index contributed by atoms with van der Waals surface area (Å²) in [5.41, 5.74) is 0. The van der Waals surface area contributed by atoms with E-state index in [2.05, 4.69) is 17.1 Å². The summed E-state index contributed by atoms with van der Waals surface area (Å²) in [4.78, 5) is 14.1. The Balaban J connectivity index is 1.57. The zero-order chi connectivity index (χ0) is 12.1. The number of amides is 1. The van der Waals surface area contributed by atoms with Gasteiger partial charge in [0, 0.05) is 19.7 Å². The molecule has 0 aliphatic carbocycles. The monoisotopic (exact) mass is 240 g/mol. The predicted molar refractivity (Wildman–Crippen MR) is 66.8 cm³/mol. The van der Waals surface area contributed by atoms with Crippen LogP contribution in [-0.4, -0.2) is 49.7 Å². The maximum Gasteiger partial charge on any atom is 0.249 e. The van der Waals surface area contributed by atoms with Gasteiger partial charge in [-0.2, -0.15) is 0 Å². The highest BCUT2D eigenvalue weighted by Gasteiger charge is 2.23. The van der Waals surface area contributed by atoms with E-state index in [4.69, 9.17) is 4.74 Å². The van der Waals surface area contributed by atoms with E-state index in [1.54, 1.807) is 0 Å². The van der Waals surface area contributed by atoms with Gasteiger partial charge in [0.1, 0.15) is 6.10 Å². The smallest absolute Gasteiger partial charge is 0.249 e. The van der Waals surface area contributed by atoms with Crippen molar-refractivity contribution >= 4 is 5.91 Å². The maximum atomic E-state index is 11.7. The largest absolute Gasteiger partial charge is 0.368 e. The Morgan fingerprint density at radius 1 is 1.35 bits per heavy atom. The minimum Gasteiger partial charge on any atom is -0.368 e. The first kappa shape index (κ1) is 12.8. The average Bonchev–Trinajstić information content (AvgIpc) is 2.85. The zero-order valence-corrected chi connectivity index (χ0v) is 10.8. The van der Waals surface area contributed by atoms with E-state index in [1.807, 2.05) is 0 Å². The number of carbonyl (C=O) groups is 1. The fraction of sp³-hybridized carbons (Fsp3) is 0.923. The van der Waals surface area contributed by atoms with Gasteiger partial charge in [-0.25, -0.2) is 0 Å². The van der Waals surface area contributed by atoms with Crippen LogP contribution in [0, 0.1) is 5.92 Å². The lowest BCUT2D eigenvalue weighted by Gasteiger charge is -2.30. The van der Waals surface area contributed by atoms with Gasteiger partial charge in [0.15, 0.2) is 0 Å². The van der Waals surface area contributed by atoms with E-state index in [1.165, 1.54) is 25.9 Å². The van der Waals surface area contributed by atoms with Crippen molar-refractivity contribution in [3.63, 3.8) is 0 Å². The molecule has 1 unspecified atom stereocenters. The number of nitrogens with zero attached hydrogens (tertiary/aromatic N) is 1. The standard InChI is InChI=1S/C13H24N2O2/c1-11-4-7-15(8-5-11)9-6-14-13(16)12-3-2-10-17-12/h11-12H,2-10H2,1H3,(H,14,16). The SMILES string of the molecule is CC1CCN(CCNC(=O)C2CCCO2)CC1. The average molecular weight is 240 g/mol. The van der Waals surface area contributed by atoms with Crippen molar-refractivity contribution in [1.29, 1.82) is 0 Å². The van der Waals surface area contributed by atoms with Gasteiger partial charge in [-0.05, 0) is 44.7 Å². The second kappa shape index (κ2) is 6.36. The Kier molecular flexibility index (Phi) is 4.80. The Labute approximate surface area is 104 Å². The molecule has 4 nitrogen and oxygen atoms in total. The molecule has 0 aromatic heterocycles. The van der Waals surface area contributed by atoms with Crippen LogP contribution in [-0.2, 0) is 9.53 Å². The van der Waals surface area contributed by atoms with E-state index < -0.39 is 0 Å². The molecule has 1 atom stereocenters. The number of hydrogen-bond donors (Lipinski definition) is 1. The summed E-state index contributed by atoms with van der Waals surface area (Å²) in [7, 11) is 0. The van der Waals surface area contributed by atoms with Gasteiger partial charge in [0.25, 0.3) is 0 Å². The molecule has 2 rings (SSSR count). The highest BCUT2D eigenvalue weighted by atomic mass is 16.5. The Hall–Kier alpha value is -0.610. The molecule has 1 N–H and O–H groups in total. The molecule has 2 aliphatic rings. The second-order valence-corrected chi connectivity index (χ2v) is 5.32. The molecule has 0 aromatic carbocycles. The van der Waals surface area contributed by atoms with Gasteiger partial charge < -0.3 is 15.0 Å². The second-order valence-electron chi connectivity index (χ2n) is 5.32. The van der Waals surface area contributed by atoms with Crippen LogP contribution in [0.25, 0.3) is 0 Å². The molecule has 2 saturated heterocycles. The van der Waals surface area contributed by atoms with E-state index in [0.717, 1.165) is 38.5 Å². The topological polar surface area (TPSA) is 41.6 Å². The van der Waals surface area contributed by atoms with Crippen molar-refractivity contribution in [2.45, 2.75) is 38.7 Å². The highest BCUT2D eigenvalue weighted by Crippen LogP contribution is 2.15. The lowest BCUT2D eigenvalue weighted by atomic mass is 9.99. The fourth-order valence-electron chi connectivity index (χ4n) is 2.52. The lowest BCUT2D eigenvalue weighted by molar-refractivity contribution is -0.130.